The molecule has 0 aliphatic heterocycles. The molecule has 0 spiro atoms. The van der Waals surface area contributed by atoms with E-state index in [4.69, 9.17) is 20.5 Å². The van der Waals surface area contributed by atoms with Gasteiger partial charge in [0.2, 0.25) is 11.8 Å². The van der Waals surface area contributed by atoms with E-state index in [1.54, 1.807) is 25.8 Å². The van der Waals surface area contributed by atoms with Gasteiger partial charge >= 0.3 is 0 Å². The van der Waals surface area contributed by atoms with Crippen LogP contribution in [0.1, 0.15) is 18.1 Å². The number of thioether (sulfide) groups is 1. The van der Waals surface area contributed by atoms with Gasteiger partial charge in [-0.2, -0.15) is 10.2 Å². The number of carbonyl (C=O) groups excluding carboxylic acids is 1. The highest BCUT2D eigenvalue weighted by Crippen LogP contribution is 2.27. The second-order valence-corrected chi connectivity index (χ2v) is 6.10. The van der Waals surface area contributed by atoms with Crippen LogP contribution < -0.4 is 20.5 Å². The Kier molecular flexibility index (Phi) is 6.69. The molecule has 3 N–H and O–H groups in total. The van der Waals surface area contributed by atoms with Crippen molar-refractivity contribution < 1.29 is 14.3 Å². The van der Waals surface area contributed by atoms with E-state index < -0.39 is 0 Å². The molecule has 0 fully saturated rings. The van der Waals surface area contributed by atoms with E-state index in [1.165, 1.54) is 6.07 Å². The molecule has 8 heteroatoms. The van der Waals surface area contributed by atoms with E-state index in [9.17, 15) is 4.79 Å². The number of hydrogen-bond donors (Lipinski definition) is 2. The van der Waals surface area contributed by atoms with Crippen LogP contribution in [0.4, 0.5) is 11.5 Å². The van der Waals surface area contributed by atoms with E-state index in [2.05, 4.69) is 10.3 Å². The zero-order valence-electron chi connectivity index (χ0n) is 14.8. The van der Waals surface area contributed by atoms with Crippen LogP contribution in [0.5, 0.6) is 11.6 Å². The minimum atomic E-state index is -0.277. The third-order valence-electron chi connectivity index (χ3n) is 3.52. The summed E-state index contributed by atoms with van der Waals surface area (Å²) in [7, 11) is 1.56. The van der Waals surface area contributed by atoms with E-state index in [1.807, 2.05) is 30.5 Å². The molecule has 0 bridgehead atoms. The zero-order chi connectivity index (χ0) is 19.1. The third kappa shape index (κ3) is 4.58. The molecule has 0 saturated heterocycles. The summed E-state index contributed by atoms with van der Waals surface area (Å²) in [5.41, 5.74) is 6.97. The van der Waals surface area contributed by atoms with Crippen molar-refractivity contribution in [1.82, 2.24) is 4.98 Å². The van der Waals surface area contributed by atoms with Crippen LogP contribution in [0.15, 0.2) is 29.2 Å². The van der Waals surface area contributed by atoms with Crippen molar-refractivity contribution >= 4 is 29.2 Å². The summed E-state index contributed by atoms with van der Waals surface area (Å²) in [6.07, 6.45) is 2.08. The first kappa shape index (κ1) is 19.4. The van der Waals surface area contributed by atoms with Crippen LogP contribution >= 0.6 is 11.8 Å². The molecular weight excluding hydrogens is 352 g/mol. The second-order valence-electron chi connectivity index (χ2n) is 5.22. The monoisotopic (exact) mass is 372 g/mol. The lowest BCUT2D eigenvalue weighted by Crippen LogP contribution is -2.17. The van der Waals surface area contributed by atoms with Crippen molar-refractivity contribution in [3.8, 4) is 17.7 Å². The number of anilines is 2. The fourth-order valence-corrected chi connectivity index (χ4v) is 2.80. The molecule has 0 aliphatic carbocycles. The number of ether oxygens (including phenoxy) is 2. The average Bonchev–Trinajstić information content (AvgIpc) is 2.61. The summed E-state index contributed by atoms with van der Waals surface area (Å²) in [4.78, 5) is 17.6. The van der Waals surface area contributed by atoms with Crippen molar-refractivity contribution in [3.05, 3.63) is 35.4 Å². The molecule has 1 aromatic carbocycles. The maximum atomic E-state index is 12.4. The van der Waals surface area contributed by atoms with Gasteiger partial charge in [-0.25, -0.2) is 0 Å². The zero-order valence-corrected chi connectivity index (χ0v) is 15.6. The topological polar surface area (TPSA) is 110 Å². The molecule has 7 nitrogen and oxygen atoms in total. The van der Waals surface area contributed by atoms with Gasteiger partial charge in [0.1, 0.15) is 23.2 Å². The Morgan fingerprint density at radius 2 is 2.19 bits per heavy atom. The van der Waals surface area contributed by atoms with Crippen molar-refractivity contribution in [2.45, 2.75) is 18.2 Å². The standard InChI is InChI=1S/C18H20N4O3S/c1-4-25-18-13(10-19)14(20)9-16(22-18)21-17(23)8-11-7-12(26-3)5-6-15(11)24-2/h5-7,9H,4,8H2,1-3H3,(H3,20,21,22,23). The highest BCUT2D eigenvalue weighted by molar-refractivity contribution is 7.98. The molecule has 136 valence electrons. The minimum absolute atomic E-state index is 0.104. The fraction of sp³-hybridized carbons (Fsp3) is 0.278. The van der Waals surface area contributed by atoms with Gasteiger partial charge in [-0.05, 0) is 31.4 Å². The molecule has 0 atom stereocenters. The lowest BCUT2D eigenvalue weighted by molar-refractivity contribution is -0.115. The smallest absolute Gasteiger partial charge is 0.235 e. The van der Waals surface area contributed by atoms with Crippen LogP contribution in [-0.4, -0.2) is 30.9 Å². The number of nitrogens with two attached hydrogens (primary N) is 1. The van der Waals surface area contributed by atoms with Crippen LogP contribution in [0, 0.1) is 11.3 Å². The summed E-state index contributed by atoms with van der Waals surface area (Å²) < 4.78 is 10.6. The molecule has 1 heterocycles. The van der Waals surface area contributed by atoms with Gasteiger partial charge in [0.15, 0.2) is 0 Å². The number of benzene rings is 1. The van der Waals surface area contributed by atoms with Crippen molar-refractivity contribution in [1.29, 1.82) is 5.26 Å². The minimum Gasteiger partial charge on any atom is -0.496 e. The lowest BCUT2D eigenvalue weighted by Gasteiger charge is -2.12. The molecule has 0 aliphatic rings. The van der Waals surface area contributed by atoms with Gasteiger partial charge in [-0.15, -0.1) is 11.8 Å². The summed E-state index contributed by atoms with van der Waals surface area (Å²) in [6.45, 7) is 2.10. The van der Waals surface area contributed by atoms with E-state index in [0.717, 1.165) is 10.5 Å². The van der Waals surface area contributed by atoms with Gasteiger partial charge in [0.05, 0.1) is 25.8 Å². The number of amides is 1. The Morgan fingerprint density at radius 1 is 1.42 bits per heavy atom. The van der Waals surface area contributed by atoms with Crippen LogP contribution in [0.3, 0.4) is 0 Å². The maximum Gasteiger partial charge on any atom is 0.235 e. The summed E-state index contributed by atoms with van der Waals surface area (Å²) in [5, 5.41) is 11.8. The highest BCUT2D eigenvalue weighted by atomic mass is 32.2. The Hall–Kier alpha value is -2.92. The molecule has 1 aromatic heterocycles. The molecular formula is C18H20N4O3S. The van der Waals surface area contributed by atoms with Gasteiger partial charge < -0.3 is 20.5 Å². The molecule has 2 aromatic rings. The van der Waals surface area contributed by atoms with Crippen LogP contribution in [-0.2, 0) is 11.2 Å². The first-order valence-corrected chi connectivity index (χ1v) is 9.09. The Morgan fingerprint density at radius 3 is 2.81 bits per heavy atom. The van der Waals surface area contributed by atoms with Gasteiger partial charge in [0.25, 0.3) is 0 Å². The number of nitriles is 1. The molecule has 26 heavy (non-hydrogen) atoms. The number of aromatic nitrogens is 1. The number of pyridine rings is 1. The quantitative estimate of drug-likeness (QED) is 0.719. The average molecular weight is 372 g/mol. The van der Waals surface area contributed by atoms with Crippen molar-refractivity contribution in [2.24, 2.45) is 0 Å². The third-order valence-corrected chi connectivity index (χ3v) is 4.24. The van der Waals surface area contributed by atoms with E-state index in [0.29, 0.717) is 12.4 Å². The highest BCUT2D eigenvalue weighted by Gasteiger charge is 2.15. The first-order chi connectivity index (χ1) is 12.5. The van der Waals surface area contributed by atoms with Gasteiger partial charge in [-0.1, -0.05) is 0 Å². The fourth-order valence-electron chi connectivity index (χ4n) is 2.34. The summed E-state index contributed by atoms with van der Waals surface area (Å²) >= 11 is 1.58. The SMILES string of the molecule is CCOc1nc(NC(=O)Cc2cc(SC)ccc2OC)cc(N)c1C#N. The molecule has 1 amide bonds. The van der Waals surface area contributed by atoms with Crippen LogP contribution in [0.2, 0.25) is 0 Å². The first-order valence-electron chi connectivity index (χ1n) is 7.86. The molecule has 0 radical (unpaired) electrons. The predicted molar refractivity (Wildman–Crippen MR) is 102 cm³/mol. The molecule has 0 unspecified atom stereocenters. The van der Waals surface area contributed by atoms with Gasteiger partial charge in [-0.3, -0.25) is 4.79 Å². The van der Waals surface area contributed by atoms with Crippen molar-refractivity contribution in [2.75, 3.05) is 31.0 Å². The lowest BCUT2D eigenvalue weighted by atomic mass is 10.1. The van der Waals surface area contributed by atoms with Gasteiger partial charge in [0, 0.05) is 16.5 Å². The Balaban J connectivity index is 2.22. The number of nitrogen functional groups attached to an aromatic ring is 1. The summed E-state index contributed by atoms with van der Waals surface area (Å²) in [5.74, 6) is 0.697. The number of methoxy groups -OCH3 is 1. The van der Waals surface area contributed by atoms with E-state index in [-0.39, 0.29) is 35.3 Å². The van der Waals surface area contributed by atoms with Crippen LogP contribution in [0.25, 0.3) is 0 Å². The maximum absolute atomic E-state index is 12.4. The predicted octanol–water partition coefficient (Wildman–Crippen LogP) is 2.85. The number of nitrogens with one attached hydrogen (secondary N) is 1. The van der Waals surface area contributed by atoms with Crippen molar-refractivity contribution in [3.63, 3.8) is 0 Å². The second kappa shape index (κ2) is 8.97. The molecule has 2 rings (SSSR count). The molecule has 0 saturated carbocycles. The Bertz CT molecular complexity index is 849. The number of hydrogen-bond acceptors (Lipinski definition) is 7. The number of nitrogens with zero attached hydrogens (tertiary/aromatic N) is 2. The normalized spacial score (nSPS) is 10.1. The van der Waals surface area contributed by atoms with E-state index >= 15 is 0 Å². The Labute approximate surface area is 156 Å². The summed E-state index contributed by atoms with van der Waals surface area (Å²) in [6, 6.07) is 9.07. The number of rotatable bonds is 7. The largest absolute Gasteiger partial charge is 0.496 e. The number of carbonyl (C=O) groups is 1.